The first-order valence-electron chi connectivity index (χ1n) is 14.0. The molecule has 0 aliphatic heterocycles. The van der Waals surface area contributed by atoms with Crippen molar-refractivity contribution in [2.45, 2.75) is 108 Å². The maximum Gasteiger partial charge on any atom is 0.510 e. The SMILES string of the molecule is CC(C)(C)OC(=O)OC(c1ccc(C(C)(C)c2ccc(C(OC(=O)OC(C)(C)C)(C(F)(F)F)C(F)(F)F)cc2)cc1)(C(F)(F)F)C(F)(F)F. The van der Waals surface area contributed by atoms with Gasteiger partial charge in [-0.05, 0) is 52.7 Å². The van der Waals surface area contributed by atoms with Crippen LogP contribution in [0.3, 0.4) is 0 Å². The van der Waals surface area contributed by atoms with Crippen LogP contribution in [0.25, 0.3) is 0 Å². The van der Waals surface area contributed by atoms with Crippen molar-refractivity contribution in [2.24, 2.45) is 0 Å². The fourth-order valence-electron chi connectivity index (χ4n) is 4.53. The normalized spacial score (nSPS) is 14.3. The molecule has 2 aromatic carbocycles. The molecule has 0 unspecified atom stereocenters. The van der Waals surface area contributed by atoms with E-state index < -0.39 is 76.0 Å². The van der Waals surface area contributed by atoms with Gasteiger partial charge in [-0.1, -0.05) is 62.4 Å². The Balaban J connectivity index is 2.66. The fourth-order valence-corrected chi connectivity index (χ4v) is 4.53. The van der Waals surface area contributed by atoms with Gasteiger partial charge < -0.3 is 18.9 Å². The Labute approximate surface area is 272 Å². The van der Waals surface area contributed by atoms with Crippen LogP contribution in [0, 0.1) is 0 Å². The zero-order valence-corrected chi connectivity index (χ0v) is 27.1. The van der Waals surface area contributed by atoms with Gasteiger partial charge in [0.2, 0.25) is 0 Å². The van der Waals surface area contributed by atoms with Crippen LogP contribution in [0.4, 0.5) is 62.3 Å². The zero-order chi connectivity index (χ0) is 38.4. The number of rotatable bonds is 6. The van der Waals surface area contributed by atoms with E-state index in [0.29, 0.717) is 24.3 Å². The highest BCUT2D eigenvalue weighted by atomic mass is 19.4. The smallest absolute Gasteiger partial charge is 0.429 e. The summed E-state index contributed by atoms with van der Waals surface area (Å²) in [5, 5.41) is 0. The van der Waals surface area contributed by atoms with E-state index in [9.17, 15) is 62.3 Å². The standard InChI is InChI=1S/C31H32F12O6/c1-23(2,3)46-21(44)48-26(28(32,33)34,29(35,36)37)19-13-9-17(10-14-19)25(7,8)18-11-15-20(16-12-18)27(30(38,39)40,31(41,42)43)49-22(45)47-24(4,5)6/h9-16H,1-8H3. The van der Waals surface area contributed by atoms with Crippen LogP contribution in [0.2, 0.25) is 0 Å². The van der Waals surface area contributed by atoms with Crippen LogP contribution in [0.1, 0.15) is 77.6 Å². The molecule has 49 heavy (non-hydrogen) atoms. The van der Waals surface area contributed by atoms with Gasteiger partial charge in [-0.3, -0.25) is 0 Å². The van der Waals surface area contributed by atoms with Gasteiger partial charge in [0.15, 0.2) is 0 Å². The van der Waals surface area contributed by atoms with E-state index in [1.165, 1.54) is 55.4 Å². The Bertz CT molecular complexity index is 1330. The van der Waals surface area contributed by atoms with Crippen LogP contribution >= 0.6 is 0 Å². The summed E-state index contributed by atoms with van der Waals surface area (Å²) in [5.41, 5.74) is -18.3. The van der Waals surface area contributed by atoms with Crippen LogP contribution in [-0.4, -0.2) is 48.2 Å². The van der Waals surface area contributed by atoms with Crippen molar-refractivity contribution in [3.8, 4) is 0 Å². The molecule has 18 heteroatoms. The summed E-state index contributed by atoms with van der Waals surface area (Å²) in [5.74, 6) is 0. The van der Waals surface area contributed by atoms with Crippen molar-refractivity contribution in [2.75, 3.05) is 0 Å². The second kappa shape index (κ2) is 12.8. The average Bonchev–Trinajstić information content (AvgIpc) is 2.85. The van der Waals surface area contributed by atoms with Crippen molar-refractivity contribution >= 4 is 12.3 Å². The largest absolute Gasteiger partial charge is 0.510 e. The number of carbonyl (C=O) groups excluding carboxylic acids is 2. The molecule has 6 nitrogen and oxygen atoms in total. The Kier molecular flexibility index (Phi) is 10.8. The molecule has 0 radical (unpaired) electrons. The summed E-state index contributed by atoms with van der Waals surface area (Å²) in [7, 11) is 0. The fraction of sp³-hybridized carbons (Fsp3) is 0.548. The molecule has 2 aromatic rings. The Hall–Kier alpha value is -3.86. The van der Waals surface area contributed by atoms with Gasteiger partial charge in [0.1, 0.15) is 11.2 Å². The number of alkyl halides is 12. The molecule has 0 saturated carbocycles. The molecular weight excluding hydrogens is 696 g/mol. The number of hydrogen-bond acceptors (Lipinski definition) is 6. The lowest BCUT2D eigenvalue weighted by Gasteiger charge is -2.38. The van der Waals surface area contributed by atoms with Crippen molar-refractivity contribution < 1.29 is 81.2 Å². The van der Waals surface area contributed by atoms with Gasteiger partial charge in [-0.25, -0.2) is 9.59 Å². The minimum atomic E-state index is -6.26. The van der Waals surface area contributed by atoms with E-state index in [-0.39, 0.29) is 11.1 Å². The minimum absolute atomic E-state index is 0.0672. The summed E-state index contributed by atoms with van der Waals surface area (Å²) >= 11 is 0. The average molecular weight is 729 g/mol. The van der Waals surface area contributed by atoms with E-state index in [1.807, 2.05) is 0 Å². The lowest BCUT2D eigenvalue weighted by atomic mass is 9.76. The molecule has 0 aromatic heterocycles. The lowest BCUT2D eigenvalue weighted by molar-refractivity contribution is -0.377. The predicted octanol–water partition coefficient (Wildman–Crippen LogP) is 10.6. The molecule has 0 bridgehead atoms. The van der Waals surface area contributed by atoms with Crippen LogP contribution in [-0.2, 0) is 35.6 Å². The number of benzene rings is 2. The molecule has 0 atom stereocenters. The third-order valence-corrected chi connectivity index (χ3v) is 6.87. The molecule has 0 fully saturated rings. The minimum Gasteiger partial charge on any atom is -0.429 e. The van der Waals surface area contributed by atoms with Crippen LogP contribution < -0.4 is 0 Å². The van der Waals surface area contributed by atoms with Gasteiger partial charge in [-0.2, -0.15) is 52.7 Å². The van der Waals surface area contributed by atoms with Crippen LogP contribution in [0.5, 0.6) is 0 Å². The molecule has 2 rings (SSSR count). The number of hydrogen-bond donors (Lipinski definition) is 0. The second-order valence-corrected chi connectivity index (χ2v) is 13.3. The van der Waals surface area contributed by atoms with Gasteiger partial charge in [0.25, 0.3) is 0 Å². The Morgan fingerprint density at radius 3 is 0.776 bits per heavy atom. The maximum atomic E-state index is 14.2. The quantitative estimate of drug-likeness (QED) is 0.218. The summed E-state index contributed by atoms with van der Waals surface area (Å²) < 4.78 is 187. The summed E-state index contributed by atoms with van der Waals surface area (Å²) in [6.45, 7) is 9.63. The van der Waals surface area contributed by atoms with Gasteiger partial charge in [0, 0.05) is 16.5 Å². The second-order valence-electron chi connectivity index (χ2n) is 13.3. The third kappa shape index (κ3) is 8.48. The highest BCUT2D eigenvalue weighted by Gasteiger charge is 2.77. The highest BCUT2D eigenvalue weighted by Crippen LogP contribution is 2.55. The Morgan fingerprint density at radius 1 is 0.388 bits per heavy atom. The molecular formula is C31H32F12O6. The van der Waals surface area contributed by atoms with Crippen molar-refractivity contribution in [1.29, 1.82) is 0 Å². The number of halogens is 12. The van der Waals surface area contributed by atoms with E-state index in [1.54, 1.807) is 0 Å². The molecule has 276 valence electrons. The molecule has 0 spiro atoms. The van der Waals surface area contributed by atoms with E-state index in [2.05, 4.69) is 18.9 Å². The molecule has 0 saturated heterocycles. The summed E-state index contributed by atoms with van der Waals surface area (Å²) in [6.07, 6.45) is -29.6. The first kappa shape index (κ1) is 41.3. The molecule has 0 amide bonds. The van der Waals surface area contributed by atoms with Crippen LogP contribution in [0.15, 0.2) is 48.5 Å². The topological polar surface area (TPSA) is 71.1 Å². The van der Waals surface area contributed by atoms with E-state index >= 15 is 0 Å². The van der Waals surface area contributed by atoms with Crippen molar-refractivity contribution in [3.63, 3.8) is 0 Å². The lowest BCUT2D eigenvalue weighted by Crippen LogP contribution is -2.57. The molecule has 0 aliphatic rings. The first-order chi connectivity index (χ1) is 21.6. The van der Waals surface area contributed by atoms with E-state index in [0.717, 1.165) is 24.3 Å². The van der Waals surface area contributed by atoms with Gasteiger partial charge >= 0.3 is 48.2 Å². The van der Waals surface area contributed by atoms with Crippen molar-refractivity contribution in [1.82, 2.24) is 0 Å². The predicted molar refractivity (Wildman–Crippen MR) is 147 cm³/mol. The van der Waals surface area contributed by atoms with Crippen molar-refractivity contribution in [3.05, 3.63) is 70.8 Å². The zero-order valence-electron chi connectivity index (χ0n) is 27.1. The number of ether oxygens (including phenoxy) is 4. The highest BCUT2D eigenvalue weighted by molar-refractivity contribution is 5.63. The number of carbonyl (C=O) groups is 2. The maximum absolute atomic E-state index is 14.2. The monoisotopic (exact) mass is 728 g/mol. The van der Waals surface area contributed by atoms with E-state index in [4.69, 9.17) is 0 Å². The summed E-state index contributed by atoms with van der Waals surface area (Å²) in [4.78, 5) is 24.1. The molecule has 0 N–H and O–H groups in total. The van der Waals surface area contributed by atoms with Gasteiger partial charge in [-0.15, -0.1) is 0 Å². The Morgan fingerprint density at radius 2 is 0.592 bits per heavy atom. The van der Waals surface area contributed by atoms with Gasteiger partial charge in [0.05, 0.1) is 0 Å². The third-order valence-electron chi connectivity index (χ3n) is 6.87. The molecule has 0 heterocycles. The first-order valence-corrected chi connectivity index (χ1v) is 14.0. The molecule has 0 aliphatic carbocycles. The summed E-state index contributed by atoms with van der Waals surface area (Å²) in [6, 6.07) is 4.50.